The quantitative estimate of drug-likeness (QED) is 0.570. The lowest BCUT2D eigenvalue weighted by molar-refractivity contribution is 0.851. The van der Waals surface area contributed by atoms with E-state index in [4.69, 9.17) is 5.73 Å². The molecule has 3 rings (SSSR count). The van der Waals surface area contributed by atoms with Gasteiger partial charge in [0.2, 0.25) is 0 Å². The highest BCUT2D eigenvalue weighted by Crippen LogP contribution is 2.30. The van der Waals surface area contributed by atoms with Crippen LogP contribution in [-0.4, -0.2) is 9.55 Å². The summed E-state index contributed by atoms with van der Waals surface area (Å²) >= 11 is 0. The first kappa shape index (κ1) is 11.5. The summed E-state index contributed by atoms with van der Waals surface area (Å²) in [6.45, 7) is 4.50. The third kappa shape index (κ3) is 1.99. The molecule has 2 aromatic carbocycles. The van der Waals surface area contributed by atoms with E-state index in [2.05, 4.69) is 23.7 Å². The number of allylic oxidation sites excluding steroid dienone is 1. The van der Waals surface area contributed by atoms with E-state index in [0.717, 1.165) is 34.4 Å². The molecule has 0 aliphatic carbocycles. The van der Waals surface area contributed by atoms with Crippen LogP contribution in [-0.2, 0) is 6.54 Å². The Kier molecular flexibility index (Phi) is 2.80. The molecular formula is C16H15N3. The van der Waals surface area contributed by atoms with E-state index in [1.54, 1.807) is 0 Å². The zero-order valence-electron chi connectivity index (χ0n) is 10.6. The second-order valence-electron chi connectivity index (χ2n) is 4.49. The molecule has 1 heterocycles. The molecule has 0 amide bonds. The van der Waals surface area contributed by atoms with Crippen LogP contribution in [0.1, 0.15) is 0 Å². The first-order chi connectivity index (χ1) is 9.29. The van der Waals surface area contributed by atoms with Gasteiger partial charge in [-0.3, -0.25) is 0 Å². The van der Waals surface area contributed by atoms with Gasteiger partial charge in [-0.05, 0) is 17.7 Å². The lowest BCUT2D eigenvalue weighted by Crippen LogP contribution is -1.94. The van der Waals surface area contributed by atoms with Crippen molar-refractivity contribution < 1.29 is 0 Å². The molecule has 1 aromatic heterocycles. The Bertz CT molecular complexity index is 726. The Morgan fingerprint density at radius 2 is 2.00 bits per heavy atom. The number of benzene rings is 2. The van der Waals surface area contributed by atoms with Crippen LogP contribution in [0.25, 0.3) is 22.2 Å². The number of imidazole rings is 1. The summed E-state index contributed by atoms with van der Waals surface area (Å²) in [5, 5.41) is 0. The Labute approximate surface area is 112 Å². The standard InChI is InChI=1S/C16H15N3/c1-2-8-19-11-18-16-14(9-13(17)10-15(16)19)12-6-4-3-5-7-12/h2-7,9-11H,1,8,17H2. The largest absolute Gasteiger partial charge is 0.399 e. The van der Waals surface area contributed by atoms with Crippen LogP contribution in [0.5, 0.6) is 0 Å². The van der Waals surface area contributed by atoms with Gasteiger partial charge in [-0.15, -0.1) is 6.58 Å². The molecule has 0 saturated carbocycles. The van der Waals surface area contributed by atoms with Crippen molar-refractivity contribution in [3.63, 3.8) is 0 Å². The van der Waals surface area contributed by atoms with Gasteiger partial charge < -0.3 is 10.3 Å². The first-order valence-corrected chi connectivity index (χ1v) is 6.20. The van der Waals surface area contributed by atoms with Gasteiger partial charge in [-0.25, -0.2) is 4.98 Å². The summed E-state index contributed by atoms with van der Waals surface area (Å²) < 4.78 is 2.05. The maximum Gasteiger partial charge on any atom is 0.0964 e. The molecule has 0 atom stereocenters. The minimum absolute atomic E-state index is 0.730. The average molecular weight is 249 g/mol. The highest BCUT2D eigenvalue weighted by atomic mass is 15.0. The van der Waals surface area contributed by atoms with E-state index in [1.165, 1.54) is 0 Å². The van der Waals surface area contributed by atoms with Crippen molar-refractivity contribution >= 4 is 16.7 Å². The van der Waals surface area contributed by atoms with E-state index < -0.39 is 0 Å². The fraction of sp³-hybridized carbons (Fsp3) is 0.0625. The van der Waals surface area contributed by atoms with Crippen LogP contribution in [0.2, 0.25) is 0 Å². The molecule has 3 nitrogen and oxygen atoms in total. The molecule has 0 saturated heterocycles. The van der Waals surface area contributed by atoms with Crippen LogP contribution in [0.3, 0.4) is 0 Å². The number of nitrogens with zero attached hydrogens (tertiary/aromatic N) is 2. The predicted molar refractivity (Wildman–Crippen MR) is 79.8 cm³/mol. The SMILES string of the molecule is C=CCn1cnc2c(-c3ccccc3)cc(N)cc21. The molecule has 0 fully saturated rings. The van der Waals surface area contributed by atoms with E-state index in [1.807, 2.05) is 47.3 Å². The average Bonchev–Trinajstić information content (AvgIpc) is 2.83. The zero-order valence-corrected chi connectivity index (χ0v) is 10.6. The Morgan fingerprint density at radius 1 is 1.21 bits per heavy atom. The maximum atomic E-state index is 6.02. The summed E-state index contributed by atoms with van der Waals surface area (Å²) in [7, 11) is 0. The number of fused-ring (bicyclic) bond motifs is 1. The topological polar surface area (TPSA) is 43.8 Å². The Balaban J connectivity index is 2.28. The molecule has 0 bridgehead atoms. The molecule has 19 heavy (non-hydrogen) atoms. The van der Waals surface area contributed by atoms with E-state index in [0.29, 0.717) is 0 Å². The zero-order chi connectivity index (χ0) is 13.2. The van der Waals surface area contributed by atoms with Gasteiger partial charge in [0.1, 0.15) is 0 Å². The third-order valence-electron chi connectivity index (χ3n) is 3.16. The Morgan fingerprint density at radius 3 is 2.74 bits per heavy atom. The molecule has 3 heteroatoms. The third-order valence-corrected chi connectivity index (χ3v) is 3.16. The van der Waals surface area contributed by atoms with Gasteiger partial charge in [0.15, 0.2) is 0 Å². The molecule has 94 valence electrons. The number of nitrogens with two attached hydrogens (primary N) is 1. The van der Waals surface area contributed by atoms with Gasteiger partial charge in [0, 0.05) is 17.8 Å². The van der Waals surface area contributed by atoms with Crippen LogP contribution >= 0.6 is 0 Å². The number of hydrogen-bond acceptors (Lipinski definition) is 2. The maximum absolute atomic E-state index is 6.02. The first-order valence-electron chi connectivity index (χ1n) is 6.20. The van der Waals surface area contributed by atoms with Crippen molar-refractivity contribution in [2.75, 3.05) is 5.73 Å². The summed E-state index contributed by atoms with van der Waals surface area (Å²) in [5.41, 5.74) is 11.0. The van der Waals surface area contributed by atoms with Crippen molar-refractivity contribution in [1.82, 2.24) is 9.55 Å². The number of rotatable bonds is 3. The van der Waals surface area contributed by atoms with Crippen LogP contribution in [0.4, 0.5) is 5.69 Å². The molecule has 0 spiro atoms. The smallest absolute Gasteiger partial charge is 0.0964 e. The van der Waals surface area contributed by atoms with Crippen LogP contribution < -0.4 is 5.73 Å². The second kappa shape index (κ2) is 4.61. The Hall–Kier alpha value is -2.55. The molecule has 0 aliphatic rings. The molecule has 0 radical (unpaired) electrons. The lowest BCUT2D eigenvalue weighted by Gasteiger charge is -2.06. The van der Waals surface area contributed by atoms with Crippen molar-refractivity contribution in [3.05, 3.63) is 61.4 Å². The van der Waals surface area contributed by atoms with E-state index in [9.17, 15) is 0 Å². The summed E-state index contributed by atoms with van der Waals surface area (Å²) in [6.07, 6.45) is 3.69. The number of nitrogen functional groups attached to an aromatic ring is 1. The summed E-state index contributed by atoms with van der Waals surface area (Å²) in [6, 6.07) is 14.1. The summed E-state index contributed by atoms with van der Waals surface area (Å²) in [4.78, 5) is 4.51. The molecule has 2 N–H and O–H groups in total. The van der Waals surface area contributed by atoms with E-state index in [-0.39, 0.29) is 0 Å². The van der Waals surface area contributed by atoms with Crippen molar-refractivity contribution in [3.8, 4) is 11.1 Å². The van der Waals surface area contributed by atoms with Crippen molar-refractivity contribution in [1.29, 1.82) is 0 Å². The number of aromatic nitrogens is 2. The summed E-state index contributed by atoms with van der Waals surface area (Å²) in [5.74, 6) is 0. The minimum atomic E-state index is 0.730. The van der Waals surface area contributed by atoms with E-state index >= 15 is 0 Å². The minimum Gasteiger partial charge on any atom is -0.399 e. The highest BCUT2D eigenvalue weighted by molar-refractivity contribution is 5.94. The lowest BCUT2D eigenvalue weighted by atomic mass is 10.0. The monoisotopic (exact) mass is 249 g/mol. The molecular weight excluding hydrogens is 234 g/mol. The van der Waals surface area contributed by atoms with Gasteiger partial charge in [-0.1, -0.05) is 36.4 Å². The fourth-order valence-electron chi connectivity index (χ4n) is 2.31. The number of anilines is 1. The molecule has 3 aromatic rings. The van der Waals surface area contributed by atoms with Crippen molar-refractivity contribution in [2.45, 2.75) is 6.54 Å². The fourth-order valence-corrected chi connectivity index (χ4v) is 2.31. The van der Waals surface area contributed by atoms with Gasteiger partial charge in [0.05, 0.1) is 17.4 Å². The van der Waals surface area contributed by atoms with Crippen LogP contribution in [0.15, 0.2) is 61.4 Å². The molecule has 0 unspecified atom stereocenters. The second-order valence-corrected chi connectivity index (χ2v) is 4.49. The normalized spacial score (nSPS) is 10.7. The van der Waals surface area contributed by atoms with Gasteiger partial charge in [0.25, 0.3) is 0 Å². The van der Waals surface area contributed by atoms with Gasteiger partial charge >= 0.3 is 0 Å². The van der Waals surface area contributed by atoms with Gasteiger partial charge in [-0.2, -0.15) is 0 Å². The number of hydrogen-bond donors (Lipinski definition) is 1. The van der Waals surface area contributed by atoms with Crippen LogP contribution in [0, 0.1) is 0 Å². The predicted octanol–water partition coefficient (Wildman–Crippen LogP) is 3.47. The van der Waals surface area contributed by atoms with Crippen molar-refractivity contribution in [2.24, 2.45) is 0 Å². The molecule has 0 aliphatic heterocycles. The highest BCUT2D eigenvalue weighted by Gasteiger charge is 2.09.